The summed E-state index contributed by atoms with van der Waals surface area (Å²) in [7, 11) is 1.54. The number of nitrogens with zero attached hydrogens (tertiary/aromatic N) is 2. The van der Waals surface area contributed by atoms with Crippen LogP contribution in [0.15, 0.2) is 30.3 Å². The van der Waals surface area contributed by atoms with E-state index >= 15 is 0 Å². The molecule has 1 aromatic rings. The molecule has 0 unspecified atom stereocenters. The van der Waals surface area contributed by atoms with Crippen molar-refractivity contribution in [3.8, 4) is 5.75 Å². The molecule has 3 rings (SSSR count). The van der Waals surface area contributed by atoms with E-state index in [0.29, 0.717) is 52.2 Å². The second kappa shape index (κ2) is 9.59. The molecule has 29 heavy (non-hydrogen) atoms. The van der Waals surface area contributed by atoms with Gasteiger partial charge >= 0.3 is 0 Å². The minimum Gasteiger partial charge on any atom is -0.490 e. The van der Waals surface area contributed by atoms with Gasteiger partial charge in [-0.3, -0.25) is 9.59 Å². The molecule has 0 radical (unpaired) electrons. The molecule has 0 bridgehead atoms. The lowest BCUT2D eigenvalue weighted by atomic mass is 9.89. The monoisotopic (exact) mass is 404 g/mol. The summed E-state index contributed by atoms with van der Waals surface area (Å²) in [5.74, 6) is 0.761. The lowest BCUT2D eigenvalue weighted by molar-refractivity contribution is -0.155. The number of para-hydroxylation sites is 1. The Hall–Kier alpha value is -2.12. The maximum Gasteiger partial charge on any atom is 0.254 e. The van der Waals surface area contributed by atoms with Gasteiger partial charge in [-0.15, -0.1) is 0 Å². The van der Waals surface area contributed by atoms with Crippen LogP contribution in [-0.2, 0) is 19.1 Å². The summed E-state index contributed by atoms with van der Waals surface area (Å²) in [5, 5.41) is 0. The van der Waals surface area contributed by atoms with Crippen molar-refractivity contribution in [1.29, 1.82) is 0 Å². The van der Waals surface area contributed by atoms with Crippen molar-refractivity contribution < 1.29 is 23.8 Å². The number of hydrogen-bond acceptors (Lipinski definition) is 5. The highest BCUT2D eigenvalue weighted by Gasteiger charge is 2.39. The minimum absolute atomic E-state index is 0.0537. The van der Waals surface area contributed by atoms with Crippen molar-refractivity contribution in [2.45, 2.75) is 38.4 Å². The van der Waals surface area contributed by atoms with Crippen LogP contribution in [0.25, 0.3) is 0 Å². The van der Waals surface area contributed by atoms with Gasteiger partial charge in [-0.2, -0.15) is 0 Å². The number of carbonyl (C=O) groups excluding carboxylic acids is 2. The highest BCUT2D eigenvalue weighted by molar-refractivity contribution is 5.84. The number of piperidine rings is 1. The van der Waals surface area contributed by atoms with Crippen LogP contribution in [0.2, 0.25) is 0 Å². The fourth-order valence-corrected chi connectivity index (χ4v) is 3.85. The third-order valence-corrected chi connectivity index (χ3v) is 5.81. The summed E-state index contributed by atoms with van der Waals surface area (Å²) in [6.07, 6.45) is 0.924. The standard InChI is InChI=1S/C22H32N2O5/c1-22(2,27-3)21(26)24-10-9-19(29-18-7-5-4-6-8-18)17(16-24)15-20(25)23-11-13-28-14-12-23/h4-8,17,19H,9-16H2,1-3H3/t17-,19-/m0/s1. The van der Waals surface area contributed by atoms with Crippen LogP contribution in [0.3, 0.4) is 0 Å². The maximum absolute atomic E-state index is 12.9. The van der Waals surface area contributed by atoms with E-state index in [-0.39, 0.29) is 23.8 Å². The van der Waals surface area contributed by atoms with E-state index < -0.39 is 5.60 Å². The SMILES string of the molecule is COC(C)(C)C(=O)N1CC[C@H](Oc2ccccc2)[C@@H](CC(=O)N2CCOCC2)C1. The van der Waals surface area contributed by atoms with Crippen LogP contribution in [0, 0.1) is 5.92 Å². The second-order valence-electron chi connectivity index (χ2n) is 8.18. The Labute approximate surface area is 172 Å². The molecule has 160 valence electrons. The number of likely N-dealkylation sites (tertiary alicyclic amines) is 1. The molecule has 0 saturated carbocycles. The van der Waals surface area contributed by atoms with Crippen molar-refractivity contribution in [1.82, 2.24) is 9.80 Å². The fourth-order valence-electron chi connectivity index (χ4n) is 3.85. The van der Waals surface area contributed by atoms with Crippen LogP contribution in [0.4, 0.5) is 0 Å². The number of hydrogen-bond donors (Lipinski definition) is 0. The van der Waals surface area contributed by atoms with Crippen molar-refractivity contribution in [3.05, 3.63) is 30.3 Å². The summed E-state index contributed by atoms with van der Waals surface area (Å²) >= 11 is 0. The largest absolute Gasteiger partial charge is 0.490 e. The van der Waals surface area contributed by atoms with Crippen molar-refractivity contribution >= 4 is 11.8 Å². The maximum atomic E-state index is 12.9. The first-order valence-corrected chi connectivity index (χ1v) is 10.3. The third-order valence-electron chi connectivity index (χ3n) is 5.81. The molecular formula is C22H32N2O5. The highest BCUT2D eigenvalue weighted by Crippen LogP contribution is 2.28. The number of carbonyl (C=O) groups is 2. The third kappa shape index (κ3) is 5.48. The molecule has 2 aliphatic rings. The van der Waals surface area contributed by atoms with E-state index in [4.69, 9.17) is 14.2 Å². The van der Waals surface area contributed by atoms with Gasteiger partial charge in [0.25, 0.3) is 5.91 Å². The Morgan fingerprint density at radius 2 is 1.79 bits per heavy atom. The molecule has 7 heteroatoms. The van der Waals surface area contributed by atoms with Crippen molar-refractivity contribution in [2.75, 3.05) is 46.5 Å². The predicted octanol–water partition coefficient (Wildman–Crippen LogP) is 1.96. The number of methoxy groups -OCH3 is 1. The zero-order valence-corrected chi connectivity index (χ0v) is 17.6. The molecule has 2 fully saturated rings. The van der Waals surface area contributed by atoms with E-state index in [0.717, 1.165) is 5.75 Å². The summed E-state index contributed by atoms with van der Waals surface area (Å²) in [4.78, 5) is 29.4. The van der Waals surface area contributed by atoms with Gasteiger partial charge in [-0.1, -0.05) is 18.2 Å². The predicted molar refractivity (Wildman–Crippen MR) is 109 cm³/mol. The lowest BCUT2D eigenvalue weighted by Crippen LogP contribution is -2.55. The van der Waals surface area contributed by atoms with Crippen LogP contribution < -0.4 is 4.74 Å². The molecule has 2 saturated heterocycles. The van der Waals surface area contributed by atoms with Crippen LogP contribution in [-0.4, -0.2) is 79.8 Å². The first kappa shape index (κ1) is 21.6. The van der Waals surface area contributed by atoms with Gasteiger partial charge in [0.1, 0.15) is 17.5 Å². The molecule has 0 spiro atoms. The summed E-state index contributed by atoms with van der Waals surface area (Å²) in [6, 6.07) is 9.66. The zero-order chi connectivity index (χ0) is 20.9. The van der Waals surface area contributed by atoms with E-state index in [1.54, 1.807) is 21.0 Å². The lowest BCUT2D eigenvalue weighted by Gasteiger charge is -2.41. The number of benzene rings is 1. The Kier molecular flexibility index (Phi) is 7.14. The van der Waals surface area contributed by atoms with Gasteiger partial charge in [0.15, 0.2) is 0 Å². The molecule has 2 heterocycles. The molecule has 7 nitrogen and oxygen atoms in total. The van der Waals surface area contributed by atoms with E-state index in [1.807, 2.05) is 40.1 Å². The summed E-state index contributed by atoms with van der Waals surface area (Å²) < 4.78 is 17.0. The molecule has 2 amide bonds. The number of amides is 2. The Morgan fingerprint density at radius 1 is 1.10 bits per heavy atom. The zero-order valence-electron chi connectivity index (χ0n) is 17.6. The summed E-state index contributed by atoms with van der Waals surface area (Å²) in [6.45, 7) is 7.01. The van der Waals surface area contributed by atoms with Crippen molar-refractivity contribution in [2.24, 2.45) is 5.92 Å². The summed E-state index contributed by atoms with van der Waals surface area (Å²) in [5.41, 5.74) is -0.883. The van der Waals surface area contributed by atoms with E-state index in [9.17, 15) is 9.59 Å². The van der Waals surface area contributed by atoms with Crippen molar-refractivity contribution in [3.63, 3.8) is 0 Å². The Balaban J connectivity index is 1.72. The van der Waals surface area contributed by atoms with Crippen LogP contribution in [0.5, 0.6) is 5.75 Å². The quantitative estimate of drug-likeness (QED) is 0.725. The minimum atomic E-state index is -0.883. The van der Waals surface area contributed by atoms with E-state index in [2.05, 4.69) is 0 Å². The Morgan fingerprint density at radius 3 is 2.45 bits per heavy atom. The van der Waals surface area contributed by atoms with E-state index in [1.165, 1.54) is 0 Å². The highest BCUT2D eigenvalue weighted by atomic mass is 16.5. The van der Waals surface area contributed by atoms with Crippen LogP contribution in [0.1, 0.15) is 26.7 Å². The molecular weight excluding hydrogens is 372 g/mol. The first-order chi connectivity index (χ1) is 13.9. The van der Waals surface area contributed by atoms with Crippen LogP contribution >= 0.6 is 0 Å². The molecule has 2 atom stereocenters. The number of morpholine rings is 1. The molecule has 1 aromatic carbocycles. The van der Waals surface area contributed by atoms with Gasteiger partial charge in [0, 0.05) is 52.0 Å². The molecule has 0 aromatic heterocycles. The van der Waals surface area contributed by atoms with Gasteiger partial charge < -0.3 is 24.0 Å². The Bertz CT molecular complexity index is 688. The normalized spacial score (nSPS) is 23.0. The molecule has 0 aliphatic carbocycles. The first-order valence-electron chi connectivity index (χ1n) is 10.3. The fraction of sp³-hybridized carbons (Fsp3) is 0.636. The second-order valence-corrected chi connectivity index (χ2v) is 8.18. The topological polar surface area (TPSA) is 68.3 Å². The average Bonchev–Trinajstić information content (AvgIpc) is 2.75. The van der Waals surface area contributed by atoms with Gasteiger partial charge in [0.2, 0.25) is 5.91 Å². The smallest absolute Gasteiger partial charge is 0.254 e. The molecule has 2 aliphatic heterocycles. The van der Waals surface area contributed by atoms with Gasteiger partial charge in [-0.05, 0) is 26.0 Å². The number of ether oxygens (including phenoxy) is 3. The average molecular weight is 405 g/mol. The molecule has 0 N–H and O–H groups in total. The van der Waals surface area contributed by atoms with Gasteiger partial charge in [0.05, 0.1) is 13.2 Å². The number of rotatable bonds is 6. The van der Waals surface area contributed by atoms with Gasteiger partial charge in [-0.25, -0.2) is 0 Å².